The zero-order chi connectivity index (χ0) is 11.5. The van der Waals surface area contributed by atoms with E-state index in [2.05, 4.69) is 29.1 Å². The molecule has 16 heavy (non-hydrogen) atoms. The molecule has 1 N–H and O–H groups in total. The fourth-order valence-electron chi connectivity index (χ4n) is 1.64. The van der Waals surface area contributed by atoms with Crippen LogP contribution in [0.2, 0.25) is 0 Å². The van der Waals surface area contributed by atoms with Crippen molar-refractivity contribution in [3.63, 3.8) is 0 Å². The summed E-state index contributed by atoms with van der Waals surface area (Å²) in [5.41, 5.74) is 0. The van der Waals surface area contributed by atoms with Crippen LogP contribution in [-0.4, -0.2) is 25.1 Å². The quantitative estimate of drug-likeness (QED) is 0.640. The van der Waals surface area contributed by atoms with Crippen molar-refractivity contribution in [2.75, 3.05) is 25.1 Å². The Hall–Kier alpha value is 0.01000. The molecule has 0 fully saturated rings. The first kappa shape index (κ1) is 14.1. The van der Waals surface area contributed by atoms with Crippen LogP contribution in [-0.2, 0) is 6.42 Å². The van der Waals surface area contributed by atoms with Crippen LogP contribution in [0.5, 0.6) is 0 Å². The maximum atomic E-state index is 3.52. The first-order valence-corrected chi connectivity index (χ1v) is 8.43. The van der Waals surface area contributed by atoms with Gasteiger partial charge in [0.2, 0.25) is 0 Å². The predicted octanol–water partition coefficient (Wildman–Crippen LogP) is 3.80. The van der Waals surface area contributed by atoms with Crippen molar-refractivity contribution in [3.05, 3.63) is 22.4 Å². The predicted molar refractivity (Wildman–Crippen MR) is 77.7 cm³/mol. The van der Waals surface area contributed by atoms with Crippen LogP contribution in [0.15, 0.2) is 17.5 Å². The van der Waals surface area contributed by atoms with Crippen molar-refractivity contribution in [2.24, 2.45) is 0 Å². The highest BCUT2D eigenvalue weighted by molar-refractivity contribution is 7.98. The van der Waals surface area contributed by atoms with E-state index in [4.69, 9.17) is 0 Å². The molecule has 0 atom stereocenters. The first-order valence-electron chi connectivity index (χ1n) is 6.15. The summed E-state index contributed by atoms with van der Waals surface area (Å²) in [5.74, 6) is 1.33. The molecule has 0 aliphatic rings. The van der Waals surface area contributed by atoms with Crippen LogP contribution in [0, 0.1) is 0 Å². The Morgan fingerprint density at radius 2 is 2.06 bits per heavy atom. The molecule has 0 saturated heterocycles. The van der Waals surface area contributed by atoms with E-state index in [-0.39, 0.29) is 0 Å². The molecule has 0 bridgehead atoms. The van der Waals surface area contributed by atoms with E-state index in [0.29, 0.717) is 0 Å². The average Bonchev–Trinajstić information content (AvgIpc) is 2.80. The Morgan fingerprint density at radius 3 is 2.81 bits per heavy atom. The van der Waals surface area contributed by atoms with E-state index >= 15 is 0 Å². The number of thiophene rings is 1. The molecule has 0 amide bonds. The lowest BCUT2D eigenvalue weighted by molar-refractivity contribution is 0.601. The van der Waals surface area contributed by atoms with Gasteiger partial charge in [-0.05, 0) is 55.8 Å². The maximum Gasteiger partial charge on any atom is 0.00578 e. The highest BCUT2D eigenvalue weighted by Gasteiger charge is 1.93. The minimum Gasteiger partial charge on any atom is -0.316 e. The van der Waals surface area contributed by atoms with E-state index in [0.717, 1.165) is 6.54 Å². The smallest absolute Gasteiger partial charge is 0.00578 e. The summed E-state index contributed by atoms with van der Waals surface area (Å²) in [4.78, 5) is 1.49. The Morgan fingerprint density at radius 1 is 1.19 bits per heavy atom. The molecule has 1 aromatic heterocycles. The molecule has 1 rings (SSSR count). The number of thioether (sulfide) groups is 1. The number of hydrogen-bond donors (Lipinski definition) is 1. The Kier molecular flexibility index (Phi) is 8.96. The molecule has 0 aromatic carbocycles. The third-order valence-electron chi connectivity index (χ3n) is 2.58. The van der Waals surface area contributed by atoms with Gasteiger partial charge in [-0.1, -0.05) is 18.9 Å². The van der Waals surface area contributed by atoms with Gasteiger partial charge in [0.1, 0.15) is 0 Å². The molecule has 1 nitrogen and oxygen atoms in total. The molecule has 1 heterocycles. The second kappa shape index (κ2) is 10.2. The van der Waals surface area contributed by atoms with Gasteiger partial charge < -0.3 is 5.32 Å². The molecular formula is C13H23NS2. The van der Waals surface area contributed by atoms with Crippen LogP contribution in [0.4, 0.5) is 0 Å². The van der Waals surface area contributed by atoms with Gasteiger partial charge in [0.25, 0.3) is 0 Å². The lowest BCUT2D eigenvalue weighted by Gasteiger charge is -2.03. The molecule has 3 heteroatoms. The number of unbranched alkanes of at least 4 members (excludes halogenated alkanes) is 3. The minimum absolute atomic E-state index is 1.13. The summed E-state index contributed by atoms with van der Waals surface area (Å²) in [7, 11) is 0. The van der Waals surface area contributed by atoms with E-state index in [1.54, 1.807) is 0 Å². The van der Waals surface area contributed by atoms with Crippen molar-refractivity contribution < 1.29 is 0 Å². The lowest BCUT2D eigenvalue weighted by atomic mass is 10.2. The molecule has 0 radical (unpaired) electrons. The van der Waals surface area contributed by atoms with Crippen LogP contribution >= 0.6 is 23.1 Å². The van der Waals surface area contributed by atoms with Gasteiger partial charge in [-0.15, -0.1) is 11.3 Å². The minimum atomic E-state index is 1.13. The molecule has 1 aromatic rings. The number of rotatable bonds is 10. The first-order chi connectivity index (χ1) is 7.93. The highest BCUT2D eigenvalue weighted by atomic mass is 32.2. The van der Waals surface area contributed by atoms with Crippen LogP contribution in [0.25, 0.3) is 0 Å². The molecule has 0 spiro atoms. The van der Waals surface area contributed by atoms with Gasteiger partial charge in [-0.2, -0.15) is 11.8 Å². The van der Waals surface area contributed by atoms with Crippen molar-refractivity contribution in [2.45, 2.75) is 32.1 Å². The molecular weight excluding hydrogens is 234 g/mol. The van der Waals surface area contributed by atoms with Gasteiger partial charge in [0.05, 0.1) is 0 Å². The zero-order valence-corrected chi connectivity index (χ0v) is 11.8. The third-order valence-corrected chi connectivity index (χ3v) is 4.21. The summed E-state index contributed by atoms with van der Waals surface area (Å²) in [6.45, 7) is 2.32. The second-order valence-corrected chi connectivity index (χ2v) is 6.00. The fourth-order valence-corrected chi connectivity index (χ4v) is 2.84. The lowest BCUT2D eigenvalue weighted by Crippen LogP contribution is -2.18. The van der Waals surface area contributed by atoms with E-state index in [9.17, 15) is 0 Å². The van der Waals surface area contributed by atoms with Crippen LogP contribution in [0.1, 0.15) is 30.6 Å². The van der Waals surface area contributed by atoms with Gasteiger partial charge in [0.15, 0.2) is 0 Å². The topological polar surface area (TPSA) is 12.0 Å². The molecule has 0 aliphatic carbocycles. The van der Waals surface area contributed by atoms with Gasteiger partial charge in [-0.25, -0.2) is 0 Å². The standard InChI is InChI=1S/C13H23NS2/c1-15-11-5-3-2-4-9-14-10-8-13-7-6-12-16-13/h6-7,12,14H,2-5,8-11H2,1H3. The molecule has 0 unspecified atom stereocenters. The molecule has 0 aliphatic heterocycles. The normalized spacial score (nSPS) is 10.8. The van der Waals surface area contributed by atoms with Gasteiger partial charge in [-0.3, -0.25) is 0 Å². The average molecular weight is 257 g/mol. The second-order valence-electron chi connectivity index (χ2n) is 3.99. The van der Waals surface area contributed by atoms with Crippen LogP contribution < -0.4 is 5.32 Å². The number of hydrogen-bond acceptors (Lipinski definition) is 3. The summed E-state index contributed by atoms with van der Waals surface area (Å²) in [6, 6.07) is 4.35. The van der Waals surface area contributed by atoms with Crippen molar-refractivity contribution in [1.29, 1.82) is 0 Å². The van der Waals surface area contributed by atoms with E-state index in [1.165, 1.54) is 49.3 Å². The Labute approximate surface area is 108 Å². The summed E-state index contributed by atoms with van der Waals surface area (Å²) < 4.78 is 0. The van der Waals surface area contributed by atoms with Crippen LogP contribution in [0.3, 0.4) is 0 Å². The van der Waals surface area contributed by atoms with Crippen molar-refractivity contribution in [1.82, 2.24) is 5.32 Å². The summed E-state index contributed by atoms with van der Waals surface area (Å²) in [5, 5.41) is 5.67. The monoisotopic (exact) mass is 257 g/mol. The SMILES string of the molecule is CSCCCCCCNCCc1cccs1. The Bertz CT molecular complexity index is 234. The maximum absolute atomic E-state index is 3.52. The molecule has 0 saturated carbocycles. The van der Waals surface area contributed by atoms with Gasteiger partial charge in [0, 0.05) is 4.88 Å². The van der Waals surface area contributed by atoms with Crippen molar-refractivity contribution >= 4 is 23.1 Å². The molecule has 92 valence electrons. The third kappa shape index (κ3) is 7.31. The van der Waals surface area contributed by atoms with E-state index < -0.39 is 0 Å². The highest BCUT2D eigenvalue weighted by Crippen LogP contribution is 2.08. The largest absolute Gasteiger partial charge is 0.316 e. The van der Waals surface area contributed by atoms with E-state index in [1.807, 2.05) is 23.1 Å². The van der Waals surface area contributed by atoms with Gasteiger partial charge >= 0.3 is 0 Å². The zero-order valence-electron chi connectivity index (χ0n) is 10.2. The Balaban J connectivity index is 1.78. The summed E-state index contributed by atoms with van der Waals surface area (Å²) in [6.07, 6.45) is 8.87. The van der Waals surface area contributed by atoms with Crippen molar-refractivity contribution in [3.8, 4) is 0 Å². The fraction of sp³-hybridized carbons (Fsp3) is 0.692. The summed E-state index contributed by atoms with van der Waals surface area (Å²) >= 11 is 3.82. The number of nitrogens with one attached hydrogen (secondary N) is 1.